The molecule has 0 saturated heterocycles. The highest BCUT2D eigenvalue weighted by Gasteiger charge is 2.46. The van der Waals surface area contributed by atoms with Crippen LogP contribution < -0.4 is 10.6 Å². The molecule has 10 nitrogen and oxygen atoms in total. The van der Waals surface area contributed by atoms with Gasteiger partial charge in [-0.25, -0.2) is 24.4 Å². The molecule has 2 rings (SSSR count). The van der Waals surface area contributed by atoms with Crippen molar-refractivity contribution in [3.8, 4) is 0 Å². The Hall–Kier alpha value is -2.62. The number of nitrogens with two attached hydrogens (primary N) is 1. The van der Waals surface area contributed by atoms with Crippen LogP contribution in [0.2, 0.25) is 0 Å². The smallest absolute Gasteiger partial charge is 0.420 e. The third kappa shape index (κ3) is 3.90. The third-order valence-corrected chi connectivity index (χ3v) is 2.99. The molecule has 0 bridgehead atoms. The maximum absolute atomic E-state index is 12.6. The first-order chi connectivity index (χ1) is 11.3. The standard InChI is InChI=1S/C15H23N5O5/c1-14(2,3)24-12(22)19-9-8(17-7-18-9)10(21)20(11(19)16)13(23)25-15(4,5)6/h7,11H,16H2,1-6H3,(H,17,18). The average Bonchev–Trinajstić information content (AvgIpc) is 2.83. The molecule has 1 aliphatic rings. The fourth-order valence-electron chi connectivity index (χ4n) is 2.12. The van der Waals surface area contributed by atoms with E-state index in [1.54, 1.807) is 41.5 Å². The van der Waals surface area contributed by atoms with Crippen LogP contribution in [0.1, 0.15) is 52.0 Å². The molecular formula is C15H23N5O5. The van der Waals surface area contributed by atoms with E-state index < -0.39 is 35.6 Å². The van der Waals surface area contributed by atoms with Gasteiger partial charge in [0.2, 0.25) is 0 Å². The zero-order chi connectivity index (χ0) is 19.2. The number of imidazole rings is 1. The van der Waals surface area contributed by atoms with Gasteiger partial charge < -0.3 is 14.5 Å². The number of H-pyrrole nitrogens is 1. The number of nitrogens with zero attached hydrogens (tertiary/aromatic N) is 3. The van der Waals surface area contributed by atoms with E-state index in [1.807, 2.05) is 0 Å². The number of hydrogen-bond donors (Lipinski definition) is 2. The minimum Gasteiger partial charge on any atom is -0.443 e. The monoisotopic (exact) mass is 353 g/mol. The molecule has 1 atom stereocenters. The number of anilines is 1. The Balaban J connectivity index is 2.41. The summed E-state index contributed by atoms with van der Waals surface area (Å²) in [5, 5.41) is 0. The maximum atomic E-state index is 12.6. The summed E-state index contributed by atoms with van der Waals surface area (Å²) in [6.07, 6.45) is -2.02. The average molecular weight is 353 g/mol. The van der Waals surface area contributed by atoms with E-state index in [4.69, 9.17) is 15.2 Å². The van der Waals surface area contributed by atoms with Gasteiger partial charge in [0.1, 0.15) is 11.2 Å². The Labute approximate surface area is 145 Å². The van der Waals surface area contributed by atoms with Crippen LogP contribution in [0.5, 0.6) is 0 Å². The number of nitrogens with one attached hydrogen (secondary N) is 1. The minimum absolute atomic E-state index is 0.0616. The summed E-state index contributed by atoms with van der Waals surface area (Å²) in [7, 11) is 0. The Morgan fingerprint density at radius 3 is 2.04 bits per heavy atom. The highest BCUT2D eigenvalue weighted by molar-refractivity contribution is 6.10. The molecule has 3 N–H and O–H groups in total. The number of ether oxygens (including phenoxy) is 2. The molecule has 3 amide bonds. The number of aromatic nitrogens is 2. The van der Waals surface area contributed by atoms with Gasteiger partial charge in [-0.2, -0.15) is 0 Å². The number of rotatable bonds is 0. The number of carbonyl (C=O) groups is 3. The van der Waals surface area contributed by atoms with Crippen molar-refractivity contribution in [2.24, 2.45) is 5.73 Å². The second kappa shape index (κ2) is 6.03. The van der Waals surface area contributed by atoms with E-state index in [2.05, 4.69) is 9.97 Å². The largest absolute Gasteiger partial charge is 0.443 e. The molecule has 1 aromatic rings. The van der Waals surface area contributed by atoms with Crippen molar-refractivity contribution >= 4 is 23.9 Å². The molecule has 1 aromatic heterocycles. The molecule has 0 spiro atoms. The molecule has 0 aromatic carbocycles. The first kappa shape index (κ1) is 18.7. The van der Waals surface area contributed by atoms with Crippen LogP contribution in [0.15, 0.2) is 6.33 Å². The molecule has 0 aliphatic carbocycles. The highest BCUT2D eigenvalue weighted by atomic mass is 16.6. The van der Waals surface area contributed by atoms with Gasteiger partial charge in [0.25, 0.3) is 5.91 Å². The fourth-order valence-corrected chi connectivity index (χ4v) is 2.12. The molecule has 0 saturated carbocycles. The van der Waals surface area contributed by atoms with Crippen LogP contribution in [-0.4, -0.2) is 50.5 Å². The van der Waals surface area contributed by atoms with Gasteiger partial charge in [-0.1, -0.05) is 0 Å². The number of amides is 3. The Bertz CT molecular complexity index is 700. The van der Waals surface area contributed by atoms with Gasteiger partial charge in [0.15, 0.2) is 17.8 Å². The predicted molar refractivity (Wildman–Crippen MR) is 87.7 cm³/mol. The van der Waals surface area contributed by atoms with Crippen LogP contribution in [0.3, 0.4) is 0 Å². The molecule has 0 radical (unpaired) electrons. The summed E-state index contributed by atoms with van der Waals surface area (Å²) in [5.41, 5.74) is 4.24. The number of hydrogen-bond acceptors (Lipinski definition) is 7. The quantitative estimate of drug-likeness (QED) is 0.727. The predicted octanol–water partition coefficient (Wildman–Crippen LogP) is 1.78. The van der Waals surface area contributed by atoms with Gasteiger partial charge >= 0.3 is 12.2 Å². The molecule has 25 heavy (non-hydrogen) atoms. The highest BCUT2D eigenvalue weighted by Crippen LogP contribution is 2.29. The zero-order valence-electron chi connectivity index (χ0n) is 15.1. The van der Waals surface area contributed by atoms with Gasteiger partial charge in [-0.05, 0) is 41.5 Å². The van der Waals surface area contributed by atoms with Crippen LogP contribution in [0.25, 0.3) is 0 Å². The number of aromatic amines is 1. The molecule has 138 valence electrons. The van der Waals surface area contributed by atoms with Crippen molar-refractivity contribution in [3.63, 3.8) is 0 Å². The molecule has 2 heterocycles. The molecular weight excluding hydrogens is 330 g/mol. The topological polar surface area (TPSA) is 131 Å². The second-order valence-electron chi connectivity index (χ2n) is 7.52. The van der Waals surface area contributed by atoms with Crippen LogP contribution in [0, 0.1) is 0 Å². The van der Waals surface area contributed by atoms with Crippen molar-refractivity contribution in [2.45, 2.75) is 59.0 Å². The first-order valence-electron chi connectivity index (χ1n) is 7.69. The minimum atomic E-state index is -1.44. The number of imide groups is 1. The first-order valence-corrected chi connectivity index (χ1v) is 7.69. The van der Waals surface area contributed by atoms with Crippen LogP contribution >= 0.6 is 0 Å². The molecule has 10 heteroatoms. The van der Waals surface area contributed by atoms with E-state index >= 15 is 0 Å². The Kier molecular flexibility index (Phi) is 4.51. The lowest BCUT2D eigenvalue weighted by molar-refractivity contribution is 0.0131. The SMILES string of the molecule is CC(C)(C)OC(=O)N1C(=O)c2nc[nH]c2N(C(=O)OC(C)(C)C)C1N. The van der Waals surface area contributed by atoms with Crippen LogP contribution in [0.4, 0.5) is 15.4 Å². The van der Waals surface area contributed by atoms with E-state index in [-0.39, 0.29) is 11.5 Å². The number of carbonyl (C=O) groups excluding carboxylic acids is 3. The lowest BCUT2D eigenvalue weighted by Gasteiger charge is -2.39. The van der Waals surface area contributed by atoms with Crippen molar-refractivity contribution in [3.05, 3.63) is 12.0 Å². The van der Waals surface area contributed by atoms with Gasteiger partial charge in [-0.3, -0.25) is 10.5 Å². The molecule has 1 aliphatic heterocycles. The summed E-state index contributed by atoms with van der Waals surface area (Å²) in [6.45, 7) is 10.0. The van der Waals surface area contributed by atoms with Crippen molar-refractivity contribution in [1.82, 2.24) is 14.9 Å². The Morgan fingerprint density at radius 1 is 1.08 bits per heavy atom. The van der Waals surface area contributed by atoms with Crippen molar-refractivity contribution in [1.29, 1.82) is 0 Å². The van der Waals surface area contributed by atoms with Gasteiger partial charge in [-0.15, -0.1) is 0 Å². The van der Waals surface area contributed by atoms with Gasteiger partial charge in [0, 0.05) is 0 Å². The summed E-state index contributed by atoms with van der Waals surface area (Å²) in [6, 6.07) is 0. The Morgan fingerprint density at radius 2 is 1.56 bits per heavy atom. The fraction of sp³-hybridized carbons (Fsp3) is 0.600. The normalized spacial score (nSPS) is 18.0. The molecule has 1 unspecified atom stereocenters. The van der Waals surface area contributed by atoms with Crippen molar-refractivity contribution in [2.75, 3.05) is 4.90 Å². The summed E-state index contributed by atoms with van der Waals surface area (Å²) < 4.78 is 10.5. The van der Waals surface area contributed by atoms with Crippen LogP contribution in [-0.2, 0) is 9.47 Å². The summed E-state index contributed by atoms with van der Waals surface area (Å²) in [4.78, 5) is 45.6. The van der Waals surface area contributed by atoms with E-state index in [0.29, 0.717) is 4.90 Å². The summed E-state index contributed by atoms with van der Waals surface area (Å²) in [5.74, 6) is -0.704. The van der Waals surface area contributed by atoms with Crippen molar-refractivity contribution < 1.29 is 23.9 Å². The lowest BCUT2D eigenvalue weighted by atomic mass is 10.2. The second-order valence-corrected chi connectivity index (χ2v) is 7.52. The van der Waals surface area contributed by atoms with E-state index in [0.717, 1.165) is 4.90 Å². The lowest BCUT2D eigenvalue weighted by Crippen LogP contribution is -2.64. The maximum Gasteiger partial charge on any atom is 0.420 e. The third-order valence-electron chi connectivity index (χ3n) is 2.99. The van der Waals surface area contributed by atoms with E-state index in [9.17, 15) is 14.4 Å². The molecule has 0 fully saturated rings. The van der Waals surface area contributed by atoms with Gasteiger partial charge in [0.05, 0.1) is 6.33 Å². The summed E-state index contributed by atoms with van der Waals surface area (Å²) >= 11 is 0. The van der Waals surface area contributed by atoms with E-state index in [1.165, 1.54) is 6.33 Å². The number of fused-ring (bicyclic) bond motifs is 1. The zero-order valence-corrected chi connectivity index (χ0v) is 15.1.